The Balaban J connectivity index is 1.62. The van der Waals surface area contributed by atoms with Gasteiger partial charge in [-0.1, -0.05) is 65.7 Å². The number of para-hydroxylation sites is 2. The molecule has 1 aromatic heterocycles. The molecule has 0 bridgehead atoms. The van der Waals surface area contributed by atoms with E-state index in [9.17, 15) is 4.79 Å². The summed E-state index contributed by atoms with van der Waals surface area (Å²) in [7, 11) is 1.82. The number of aromatic nitrogens is 1. The number of anilines is 1. The van der Waals surface area contributed by atoms with Gasteiger partial charge in [0.15, 0.2) is 0 Å². The standard InChI is InChI=1S/C25H18Cl2N2O/c1-28-23-8-4-3-7-19(23)20(25(28)30)13-17-15-29(24-9-5-2-6-18(17)24)14-16-10-11-21(26)22(27)12-16/h2-13,15H,14H2,1H3/b20-13+. The molecule has 0 saturated carbocycles. The second-order valence-electron chi connectivity index (χ2n) is 7.42. The third kappa shape index (κ3) is 3.11. The topological polar surface area (TPSA) is 25.2 Å². The SMILES string of the molecule is CN1C(=O)/C(=C/c2cn(Cc3ccc(Cl)c(Cl)c3)c3ccccc23)c2ccccc21. The van der Waals surface area contributed by atoms with E-state index in [1.165, 1.54) is 0 Å². The summed E-state index contributed by atoms with van der Waals surface area (Å²) in [6.07, 6.45) is 4.09. The Morgan fingerprint density at radius 1 is 0.933 bits per heavy atom. The second-order valence-corrected chi connectivity index (χ2v) is 8.23. The quantitative estimate of drug-likeness (QED) is 0.338. The summed E-state index contributed by atoms with van der Waals surface area (Å²) in [6.45, 7) is 0.658. The zero-order valence-corrected chi connectivity index (χ0v) is 17.8. The van der Waals surface area contributed by atoms with Gasteiger partial charge in [-0.3, -0.25) is 4.79 Å². The van der Waals surface area contributed by atoms with E-state index >= 15 is 0 Å². The average molecular weight is 433 g/mol. The van der Waals surface area contributed by atoms with Gasteiger partial charge in [0.2, 0.25) is 0 Å². The molecule has 0 N–H and O–H groups in total. The van der Waals surface area contributed by atoms with Gasteiger partial charge in [0.05, 0.1) is 15.7 Å². The monoisotopic (exact) mass is 432 g/mol. The normalized spacial score (nSPS) is 14.7. The first-order chi connectivity index (χ1) is 14.5. The summed E-state index contributed by atoms with van der Waals surface area (Å²) in [5, 5.41) is 2.19. The molecule has 0 radical (unpaired) electrons. The predicted molar refractivity (Wildman–Crippen MR) is 125 cm³/mol. The number of hydrogen-bond donors (Lipinski definition) is 0. The fourth-order valence-corrected chi connectivity index (χ4v) is 4.37. The fourth-order valence-electron chi connectivity index (χ4n) is 4.05. The van der Waals surface area contributed by atoms with Gasteiger partial charge < -0.3 is 9.47 Å². The van der Waals surface area contributed by atoms with Crippen molar-refractivity contribution in [2.24, 2.45) is 0 Å². The van der Waals surface area contributed by atoms with Crippen molar-refractivity contribution in [1.82, 2.24) is 4.57 Å². The highest BCUT2D eigenvalue weighted by atomic mass is 35.5. The van der Waals surface area contributed by atoms with Crippen molar-refractivity contribution in [1.29, 1.82) is 0 Å². The maximum Gasteiger partial charge on any atom is 0.258 e. The highest BCUT2D eigenvalue weighted by Gasteiger charge is 2.29. The van der Waals surface area contributed by atoms with Crippen molar-refractivity contribution in [3.05, 3.63) is 99.7 Å². The Kier molecular flexibility index (Phi) is 4.65. The van der Waals surface area contributed by atoms with Crippen molar-refractivity contribution in [3.8, 4) is 0 Å². The summed E-state index contributed by atoms with van der Waals surface area (Å²) >= 11 is 12.3. The molecule has 0 unspecified atom stereocenters. The molecule has 0 spiro atoms. The van der Waals surface area contributed by atoms with Crippen LogP contribution in [-0.2, 0) is 11.3 Å². The summed E-state index contributed by atoms with van der Waals surface area (Å²) < 4.78 is 2.18. The van der Waals surface area contributed by atoms with Crippen LogP contribution in [0.15, 0.2) is 72.9 Å². The first-order valence-electron chi connectivity index (χ1n) is 9.64. The highest BCUT2D eigenvalue weighted by Crippen LogP contribution is 2.37. The Morgan fingerprint density at radius 2 is 1.70 bits per heavy atom. The van der Waals surface area contributed by atoms with E-state index in [4.69, 9.17) is 23.2 Å². The van der Waals surface area contributed by atoms with E-state index in [0.717, 1.165) is 33.3 Å². The lowest BCUT2D eigenvalue weighted by atomic mass is 10.0. The van der Waals surface area contributed by atoms with Gasteiger partial charge in [-0.25, -0.2) is 0 Å². The average Bonchev–Trinajstić information content (AvgIpc) is 3.22. The number of carbonyl (C=O) groups is 1. The van der Waals surface area contributed by atoms with Crippen LogP contribution in [0.1, 0.15) is 16.7 Å². The van der Waals surface area contributed by atoms with Gasteiger partial charge in [-0.05, 0) is 35.9 Å². The van der Waals surface area contributed by atoms with Crippen LogP contribution in [0, 0.1) is 0 Å². The number of hydrogen-bond acceptors (Lipinski definition) is 1. The first kappa shape index (κ1) is 19.0. The molecule has 3 aromatic carbocycles. The molecule has 30 heavy (non-hydrogen) atoms. The van der Waals surface area contributed by atoms with Crippen molar-refractivity contribution in [2.45, 2.75) is 6.54 Å². The van der Waals surface area contributed by atoms with Gasteiger partial charge in [-0.15, -0.1) is 0 Å². The number of nitrogens with zero attached hydrogens (tertiary/aromatic N) is 2. The lowest BCUT2D eigenvalue weighted by Gasteiger charge is -2.07. The number of fused-ring (bicyclic) bond motifs is 2. The molecule has 2 heterocycles. The summed E-state index contributed by atoms with van der Waals surface area (Å²) in [6, 6.07) is 21.8. The minimum absolute atomic E-state index is 0.0116. The van der Waals surface area contributed by atoms with Crippen LogP contribution in [0.5, 0.6) is 0 Å². The number of carbonyl (C=O) groups excluding carboxylic acids is 1. The molecule has 5 rings (SSSR count). The lowest BCUT2D eigenvalue weighted by molar-refractivity contribution is -0.112. The zero-order valence-electron chi connectivity index (χ0n) is 16.3. The van der Waals surface area contributed by atoms with Crippen LogP contribution in [0.25, 0.3) is 22.6 Å². The van der Waals surface area contributed by atoms with Crippen molar-refractivity contribution in [3.63, 3.8) is 0 Å². The molecule has 4 aromatic rings. The minimum Gasteiger partial charge on any atom is -0.342 e. The molecule has 0 fully saturated rings. The van der Waals surface area contributed by atoms with E-state index in [1.54, 1.807) is 4.90 Å². The molecule has 148 valence electrons. The Morgan fingerprint density at radius 3 is 2.53 bits per heavy atom. The smallest absolute Gasteiger partial charge is 0.258 e. The largest absolute Gasteiger partial charge is 0.342 e. The van der Waals surface area contributed by atoms with E-state index in [0.29, 0.717) is 22.2 Å². The lowest BCUT2D eigenvalue weighted by Crippen LogP contribution is -2.20. The molecule has 5 heteroatoms. The summed E-state index contributed by atoms with van der Waals surface area (Å²) in [5.41, 5.74) is 5.79. The third-order valence-electron chi connectivity index (χ3n) is 5.55. The molecule has 0 aliphatic carbocycles. The van der Waals surface area contributed by atoms with Gasteiger partial charge in [0.25, 0.3) is 5.91 Å². The van der Waals surface area contributed by atoms with Crippen LogP contribution in [-0.4, -0.2) is 17.5 Å². The van der Waals surface area contributed by atoms with Crippen LogP contribution < -0.4 is 4.90 Å². The van der Waals surface area contributed by atoms with E-state index in [-0.39, 0.29) is 5.91 Å². The zero-order chi connectivity index (χ0) is 20.8. The van der Waals surface area contributed by atoms with Gasteiger partial charge in [0.1, 0.15) is 0 Å². The number of benzene rings is 3. The number of rotatable bonds is 3. The number of likely N-dealkylation sites (N-methyl/N-ethyl adjacent to an activating group) is 1. The summed E-state index contributed by atoms with van der Waals surface area (Å²) in [5.74, 6) is 0.0116. The van der Waals surface area contributed by atoms with Crippen molar-refractivity contribution >= 4 is 57.3 Å². The number of amides is 1. The fraction of sp³-hybridized carbons (Fsp3) is 0.0800. The predicted octanol–water partition coefficient (Wildman–Crippen LogP) is 6.51. The van der Waals surface area contributed by atoms with Crippen LogP contribution in [0.4, 0.5) is 5.69 Å². The molecular weight excluding hydrogens is 415 g/mol. The minimum atomic E-state index is 0.0116. The molecule has 3 nitrogen and oxygen atoms in total. The van der Waals surface area contributed by atoms with Crippen molar-refractivity contribution in [2.75, 3.05) is 11.9 Å². The maximum atomic E-state index is 12.9. The molecule has 0 saturated heterocycles. The first-order valence-corrected chi connectivity index (χ1v) is 10.4. The van der Waals surface area contributed by atoms with Gasteiger partial charge in [0, 0.05) is 47.4 Å². The molecule has 1 aliphatic heterocycles. The second kappa shape index (κ2) is 7.35. The molecular formula is C25H18Cl2N2O. The molecule has 1 amide bonds. The van der Waals surface area contributed by atoms with E-state index in [2.05, 4.69) is 22.9 Å². The Labute approximate surface area is 184 Å². The van der Waals surface area contributed by atoms with Crippen LogP contribution in [0.3, 0.4) is 0 Å². The van der Waals surface area contributed by atoms with Crippen LogP contribution in [0.2, 0.25) is 10.0 Å². The Hall–Kier alpha value is -3.01. The molecule has 1 aliphatic rings. The third-order valence-corrected chi connectivity index (χ3v) is 6.29. The summed E-state index contributed by atoms with van der Waals surface area (Å²) in [4.78, 5) is 14.6. The maximum absolute atomic E-state index is 12.9. The molecule has 0 atom stereocenters. The van der Waals surface area contributed by atoms with Gasteiger partial charge in [-0.2, -0.15) is 0 Å². The Bertz CT molecular complexity index is 1340. The van der Waals surface area contributed by atoms with Crippen molar-refractivity contribution < 1.29 is 4.79 Å². The number of halogens is 2. The van der Waals surface area contributed by atoms with E-state index in [1.807, 2.05) is 67.7 Å². The van der Waals surface area contributed by atoms with E-state index < -0.39 is 0 Å². The van der Waals surface area contributed by atoms with Gasteiger partial charge >= 0.3 is 0 Å². The van der Waals surface area contributed by atoms with Crippen LogP contribution >= 0.6 is 23.2 Å². The highest BCUT2D eigenvalue weighted by molar-refractivity contribution is 6.42.